The lowest BCUT2D eigenvalue weighted by molar-refractivity contribution is 1.09. The Labute approximate surface area is 74.9 Å². The highest BCUT2D eigenvalue weighted by Crippen LogP contribution is 2.00. The van der Waals surface area contributed by atoms with Gasteiger partial charge in [0, 0.05) is 12.4 Å². The summed E-state index contributed by atoms with van der Waals surface area (Å²) in [4.78, 5) is 7.87. The van der Waals surface area contributed by atoms with Crippen molar-refractivity contribution in [3.63, 3.8) is 0 Å². The Balaban J connectivity index is 0.000000720. The minimum Gasteiger partial charge on any atom is -0.289 e. The van der Waals surface area contributed by atoms with Gasteiger partial charge in [-0.05, 0) is 6.07 Å². The maximum absolute atomic E-state index is 8.49. The average Bonchev–Trinajstić information content (AvgIpc) is 2.46. The molecule has 12 heavy (non-hydrogen) atoms. The molecule has 2 aromatic heterocycles. The molecule has 0 atom stereocenters. The third-order valence-corrected chi connectivity index (χ3v) is 1.38. The number of hydrogen-bond acceptors (Lipinski definition) is 3. The second kappa shape index (κ2) is 3.20. The molecule has 0 spiro atoms. The first-order valence-corrected chi connectivity index (χ1v) is 3.09. The maximum atomic E-state index is 8.49. The van der Waals surface area contributed by atoms with Crippen LogP contribution >= 0.6 is 12.4 Å². The van der Waals surface area contributed by atoms with Crippen LogP contribution in [0.4, 0.5) is 0 Å². The molecule has 5 heteroatoms. The molecule has 0 aliphatic carbocycles. The van der Waals surface area contributed by atoms with Gasteiger partial charge in [-0.1, -0.05) is 0 Å². The molecule has 2 aromatic rings. The van der Waals surface area contributed by atoms with E-state index in [1.54, 1.807) is 29.2 Å². The number of halogens is 1. The van der Waals surface area contributed by atoms with Gasteiger partial charge in [-0.2, -0.15) is 5.26 Å². The van der Waals surface area contributed by atoms with E-state index in [1.165, 1.54) is 0 Å². The Bertz CT molecular complexity index is 395. The lowest BCUT2D eigenvalue weighted by Crippen LogP contribution is -1.81. The molecule has 0 amide bonds. The second-order valence-electron chi connectivity index (χ2n) is 2.08. The van der Waals surface area contributed by atoms with Crippen molar-refractivity contribution in [2.75, 3.05) is 0 Å². The molecule has 4 nitrogen and oxygen atoms in total. The first-order chi connectivity index (χ1) is 5.40. The van der Waals surface area contributed by atoms with Crippen LogP contribution in [0.3, 0.4) is 0 Å². The second-order valence-corrected chi connectivity index (χ2v) is 2.08. The number of rotatable bonds is 0. The Morgan fingerprint density at radius 1 is 1.50 bits per heavy atom. The van der Waals surface area contributed by atoms with Gasteiger partial charge in [0.05, 0.1) is 0 Å². The van der Waals surface area contributed by atoms with Gasteiger partial charge in [0.2, 0.25) is 0 Å². The first kappa shape index (κ1) is 8.50. The molecule has 0 N–H and O–H groups in total. The molecule has 0 unspecified atom stereocenters. The minimum atomic E-state index is 0. The van der Waals surface area contributed by atoms with Crippen LogP contribution in [-0.4, -0.2) is 14.4 Å². The molecule has 0 saturated carbocycles. The zero-order chi connectivity index (χ0) is 7.68. The van der Waals surface area contributed by atoms with E-state index in [2.05, 4.69) is 9.97 Å². The molecule has 0 bridgehead atoms. The topological polar surface area (TPSA) is 54.0 Å². The van der Waals surface area contributed by atoms with Crippen LogP contribution in [0.25, 0.3) is 5.65 Å². The van der Waals surface area contributed by atoms with E-state index in [0.29, 0.717) is 5.69 Å². The van der Waals surface area contributed by atoms with Gasteiger partial charge < -0.3 is 0 Å². The fourth-order valence-corrected chi connectivity index (χ4v) is 0.898. The van der Waals surface area contributed by atoms with Gasteiger partial charge in [0.15, 0.2) is 5.69 Å². The largest absolute Gasteiger partial charge is 0.289 e. The van der Waals surface area contributed by atoms with Gasteiger partial charge >= 0.3 is 0 Å². The van der Waals surface area contributed by atoms with Gasteiger partial charge in [0.25, 0.3) is 0 Å². The van der Waals surface area contributed by atoms with Crippen molar-refractivity contribution in [3.8, 4) is 6.07 Å². The van der Waals surface area contributed by atoms with Gasteiger partial charge in [-0.15, -0.1) is 12.4 Å². The normalized spacial score (nSPS) is 8.92. The third-order valence-electron chi connectivity index (χ3n) is 1.38. The van der Waals surface area contributed by atoms with Gasteiger partial charge in [-0.25, -0.2) is 9.97 Å². The molecule has 0 radical (unpaired) electrons. The maximum Gasteiger partial charge on any atom is 0.159 e. The SMILES string of the molecule is Cl.N#Cc1cn2cnccc2n1. The summed E-state index contributed by atoms with van der Waals surface area (Å²) in [7, 11) is 0. The van der Waals surface area contributed by atoms with E-state index >= 15 is 0 Å². The third kappa shape index (κ3) is 1.22. The average molecular weight is 181 g/mol. The fourth-order valence-electron chi connectivity index (χ4n) is 0.898. The van der Waals surface area contributed by atoms with Crippen LogP contribution in [0.1, 0.15) is 5.69 Å². The molecule has 0 fully saturated rings. The Hall–Kier alpha value is -1.60. The number of hydrogen-bond donors (Lipinski definition) is 0. The van der Waals surface area contributed by atoms with Crippen molar-refractivity contribution in [3.05, 3.63) is 30.5 Å². The fraction of sp³-hybridized carbons (Fsp3) is 0. The summed E-state index contributed by atoms with van der Waals surface area (Å²) in [5.74, 6) is 0. The molecule has 0 saturated heterocycles. The van der Waals surface area contributed by atoms with Gasteiger partial charge in [-0.3, -0.25) is 4.40 Å². The predicted molar refractivity (Wildman–Crippen MR) is 45.0 cm³/mol. The van der Waals surface area contributed by atoms with E-state index in [-0.39, 0.29) is 12.4 Å². The minimum absolute atomic E-state index is 0. The van der Waals surface area contributed by atoms with E-state index < -0.39 is 0 Å². The predicted octanol–water partition coefficient (Wildman–Crippen LogP) is 1.02. The number of aromatic nitrogens is 3. The molecule has 2 heterocycles. The molecular formula is C7H5ClN4. The number of nitriles is 1. The summed E-state index contributed by atoms with van der Waals surface area (Å²) in [6.07, 6.45) is 4.90. The van der Waals surface area contributed by atoms with E-state index in [4.69, 9.17) is 5.26 Å². The highest BCUT2D eigenvalue weighted by atomic mass is 35.5. The summed E-state index contributed by atoms with van der Waals surface area (Å²) in [5, 5.41) is 8.49. The zero-order valence-corrected chi connectivity index (χ0v) is 6.82. The quantitative estimate of drug-likeness (QED) is 0.608. The smallest absolute Gasteiger partial charge is 0.159 e. The van der Waals surface area contributed by atoms with Crippen LogP contribution in [0.5, 0.6) is 0 Å². The summed E-state index contributed by atoms with van der Waals surface area (Å²) in [6, 6.07) is 3.71. The summed E-state index contributed by atoms with van der Waals surface area (Å²) >= 11 is 0. The number of fused-ring (bicyclic) bond motifs is 1. The molecule has 60 valence electrons. The molecule has 2 rings (SSSR count). The van der Waals surface area contributed by atoms with Crippen LogP contribution in [-0.2, 0) is 0 Å². The molecule has 0 aliphatic rings. The highest BCUT2D eigenvalue weighted by molar-refractivity contribution is 5.85. The van der Waals surface area contributed by atoms with Crippen molar-refractivity contribution in [2.24, 2.45) is 0 Å². The van der Waals surface area contributed by atoms with Crippen molar-refractivity contribution < 1.29 is 0 Å². The van der Waals surface area contributed by atoms with Gasteiger partial charge in [0.1, 0.15) is 18.0 Å². The van der Waals surface area contributed by atoms with Crippen molar-refractivity contribution in [2.45, 2.75) is 0 Å². The first-order valence-electron chi connectivity index (χ1n) is 3.09. The molecular weight excluding hydrogens is 176 g/mol. The monoisotopic (exact) mass is 180 g/mol. The molecule has 0 aliphatic heterocycles. The lowest BCUT2D eigenvalue weighted by Gasteiger charge is -1.85. The summed E-state index contributed by atoms with van der Waals surface area (Å²) in [6.45, 7) is 0. The number of imidazole rings is 1. The van der Waals surface area contributed by atoms with Crippen LogP contribution in [0.2, 0.25) is 0 Å². The van der Waals surface area contributed by atoms with Crippen molar-refractivity contribution in [1.82, 2.24) is 14.4 Å². The summed E-state index contributed by atoms with van der Waals surface area (Å²) < 4.78 is 1.71. The Morgan fingerprint density at radius 2 is 2.33 bits per heavy atom. The summed E-state index contributed by atoms with van der Waals surface area (Å²) in [5.41, 5.74) is 1.16. The number of nitrogens with zero attached hydrogens (tertiary/aromatic N) is 4. The van der Waals surface area contributed by atoms with Crippen LogP contribution < -0.4 is 0 Å². The van der Waals surface area contributed by atoms with E-state index in [1.807, 2.05) is 6.07 Å². The van der Waals surface area contributed by atoms with Crippen LogP contribution in [0, 0.1) is 11.3 Å². The van der Waals surface area contributed by atoms with Crippen LogP contribution in [0.15, 0.2) is 24.8 Å². The van der Waals surface area contributed by atoms with Crippen molar-refractivity contribution >= 4 is 18.1 Å². The highest BCUT2D eigenvalue weighted by Gasteiger charge is 1.96. The lowest BCUT2D eigenvalue weighted by atomic mass is 10.5. The van der Waals surface area contributed by atoms with E-state index in [9.17, 15) is 0 Å². The molecule has 0 aromatic carbocycles. The van der Waals surface area contributed by atoms with Crippen molar-refractivity contribution in [1.29, 1.82) is 5.26 Å². The van der Waals surface area contributed by atoms with E-state index in [0.717, 1.165) is 5.65 Å². The zero-order valence-electron chi connectivity index (χ0n) is 6.01. The Morgan fingerprint density at radius 3 is 3.00 bits per heavy atom. The standard InChI is InChI=1S/C7H4N4.ClH/c8-3-6-4-11-5-9-2-1-7(11)10-6;/h1-2,4-5H;1H. The Kier molecular flexibility index (Phi) is 2.26.